The van der Waals surface area contributed by atoms with E-state index in [1.54, 1.807) is 23.2 Å². The average molecular weight is 409 g/mol. The number of benzene rings is 1. The fourth-order valence-corrected chi connectivity index (χ4v) is 3.65. The second-order valence-corrected chi connectivity index (χ2v) is 7.32. The molecule has 1 aliphatic rings. The number of fused-ring (bicyclic) bond motifs is 1. The van der Waals surface area contributed by atoms with E-state index in [4.69, 9.17) is 15.1 Å². The number of nitrogens with two attached hydrogens (primary N) is 1. The number of imidazole rings is 1. The number of aromatic amines is 1. The molecule has 1 saturated heterocycles. The van der Waals surface area contributed by atoms with Crippen LogP contribution in [0.15, 0.2) is 47.2 Å². The molecule has 3 aromatic heterocycles. The van der Waals surface area contributed by atoms with Gasteiger partial charge >= 0.3 is 0 Å². The molecule has 9 heteroatoms. The summed E-state index contributed by atoms with van der Waals surface area (Å²) in [5.41, 5.74) is 9.56. The van der Waals surface area contributed by atoms with Crippen molar-refractivity contribution in [3.63, 3.8) is 0 Å². The van der Waals surface area contributed by atoms with Crippen LogP contribution in [0.3, 0.4) is 0 Å². The molecule has 0 atom stereocenters. The molecule has 1 aromatic carbocycles. The minimum absolute atomic E-state index is 0. The number of aryl methyl sites for hydroxylation is 1. The highest BCUT2D eigenvalue weighted by Crippen LogP contribution is 2.26. The van der Waals surface area contributed by atoms with Gasteiger partial charge in [0, 0.05) is 30.5 Å². The van der Waals surface area contributed by atoms with E-state index in [-0.39, 0.29) is 10.2 Å². The van der Waals surface area contributed by atoms with Crippen molar-refractivity contribution < 1.29 is 13.5 Å². The van der Waals surface area contributed by atoms with Crippen LogP contribution in [0.1, 0.15) is 20.4 Å². The Kier molecular flexibility index (Phi) is 4.35. The van der Waals surface area contributed by atoms with Crippen LogP contribution in [0.2, 0.25) is 0 Å². The van der Waals surface area contributed by atoms with Gasteiger partial charge in [-0.25, -0.2) is 15.0 Å². The summed E-state index contributed by atoms with van der Waals surface area (Å²) in [5.74, 6) is 1.88. The Labute approximate surface area is 177 Å². The number of aromatic nitrogens is 4. The Bertz CT molecular complexity index is 1220. The van der Waals surface area contributed by atoms with Gasteiger partial charge in [0.05, 0.1) is 23.5 Å². The Morgan fingerprint density at radius 1 is 1.20 bits per heavy atom. The molecule has 0 radical (unpaired) electrons. The van der Waals surface area contributed by atoms with Crippen molar-refractivity contribution in [2.45, 2.75) is 6.92 Å². The molecule has 4 aromatic rings. The third-order valence-electron chi connectivity index (χ3n) is 5.27. The van der Waals surface area contributed by atoms with Gasteiger partial charge < -0.3 is 24.9 Å². The normalized spacial score (nSPS) is 14.4. The maximum atomic E-state index is 12.5. The lowest BCUT2D eigenvalue weighted by atomic mass is 10.2. The zero-order valence-corrected chi connectivity index (χ0v) is 16.5. The molecule has 0 bridgehead atoms. The maximum absolute atomic E-state index is 12.5. The molecular weight excluding hydrogens is 382 g/mol. The van der Waals surface area contributed by atoms with Crippen molar-refractivity contribution in [2.24, 2.45) is 0 Å². The SMILES string of the molecule is Cc1ccc2nc(-c3nc(N4CCN(C(=O)c5ccco5)CC4)cnc3N)[nH]c2c1.[HH].[HH].[HH]. The lowest BCUT2D eigenvalue weighted by Crippen LogP contribution is -2.49. The molecule has 0 aliphatic carbocycles. The summed E-state index contributed by atoms with van der Waals surface area (Å²) in [6, 6.07) is 9.42. The third-order valence-corrected chi connectivity index (χ3v) is 5.27. The van der Waals surface area contributed by atoms with Gasteiger partial charge in [-0.15, -0.1) is 0 Å². The van der Waals surface area contributed by atoms with Gasteiger partial charge in [-0.05, 0) is 36.8 Å². The summed E-state index contributed by atoms with van der Waals surface area (Å²) in [6.07, 6.45) is 3.17. The summed E-state index contributed by atoms with van der Waals surface area (Å²) in [5, 5.41) is 0. The second-order valence-electron chi connectivity index (χ2n) is 7.32. The molecular formula is C21H27N7O2. The summed E-state index contributed by atoms with van der Waals surface area (Å²) in [6.45, 7) is 4.47. The van der Waals surface area contributed by atoms with Crippen molar-refractivity contribution in [3.8, 4) is 11.5 Å². The molecule has 9 nitrogen and oxygen atoms in total. The molecule has 1 amide bonds. The van der Waals surface area contributed by atoms with Crippen molar-refractivity contribution in [1.82, 2.24) is 24.8 Å². The highest BCUT2D eigenvalue weighted by molar-refractivity contribution is 5.91. The fourth-order valence-electron chi connectivity index (χ4n) is 3.65. The van der Waals surface area contributed by atoms with Crippen LogP contribution in [0.4, 0.5) is 11.6 Å². The summed E-state index contributed by atoms with van der Waals surface area (Å²) in [7, 11) is 0. The van der Waals surface area contributed by atoms with E-state index in [1.807, 2.05) is 25.1 Å². The second kappa shape index (κ2) is 7.18. The largest absolute Gasteiger partial charge is 0.459 e. The Morgan fingerprint density at radius 3 is 2.80 bits per heavy atom. The van der Waals surface area contributed by atoms with Gasteiger partial charge in [0.15, 0.2) is 23.1 Å². The maximum Gasteiger partial charge on any atom is 0.289 e. The minimum atomic E-state index is -0.0960. The molecule has 5 rings (SSSR count). The Morgan fingerprint density at radius 2 is 2.03 bits per heavy atom. The summed E-state index contributed by atoms with van der Waals surface area (Å²) in [4.78, 5) is 33.3. The number of nitrogens with one attached hydrogen (secondary N) is 1. The number of nitrogens with zero attached hydrogens (tertiary/aromatic N) is 5. The van der Waals surface area contributed by atoms with Crippen LogP contribution in [0.5, 0.6) is 0 Å². The number of rotatable bonds is 3. The van der Waals surface area contributed by atoms with Gasteiger partial charge in [0.2, 0.25) is 0 Å². The van der Waals surface area contributed by atoms with Crippen LogP contribution in [-0.4, -0.2) is 56.9 Å². The van der Waals surface area contributed by atoms with Crippen molar-refractivity contribution in [1.29, 1.82) is 0 Å². The first-order valence-electron chi connectivity index (χ1n) is 9.75. The molecule has 3 N–H and O–H groups in total. The van der Waals surface area contributed by atoms with E-state index < -0.39 is 0 Å². The summed E-state index contributed by atoms with van der Waals surface area (Å²) >= 11 is 0. The Balaban J connectivity index is 0.00000128. The molecule has 1 aliphatic heterocycles. The topological polar surface area (TPSA) is 117 Å². The van der Waals surface area contributed by atoms with Crippen LogP contribution >= 0.6 is 0 Å². The number of carbonyl (C=O) groups excluding carboxylic acids is 1. The lowest BCUT2D eigenvalue weighted by Gasteiger charge is -2.34. The number of furan rings is 1. The van der Waals surface area contributed by atoms with E-state index >= 15 is 0 Å². The smallest absolute Gasteiger partial charge is 0.289 e. The lowest BCUT2D eigenvalue weighted by molar-refractivity contribution is 0.0714. The fraction of sp³-hybridized carbons (Fsp3) is 0.238. The first-order chi connectivity index (χ1) is 14.6. The molecule has 0 unspecified atom stereocenters. The number of hydrogen-bond acceptors (Lipinski definition) is 7. The van der Waals surface area contributed by atoms with E-state index in [1.165, 1.54) is 6.26 Å². The molecule has 4 heterocycles. The molecule has 0 saturated carbocycles. The van der Waals surface area contributed by atoms with Crippen molar-refractivity contribution >= 4 is 28.6 Å². The first kappa shape index (κ1) is 18.2. The van der Waals surface area contributed by atoms with E-state index in [2.05, 4.69) is 19.9 Å². The van der Waals surface area contributed by atoms with Crippen molar-refractivity contribution in [2.75, 3.05) is 36.8 Å². The molecule has 158 valence electrons. The zero-order chi connectivity index (χ0) is 20.7. The monoisotopic (exact) mass is 409 g/mol. The van der Waals surface area contributed by atoms with Crippen LogP contribution in [-0.2, 0) is 0 Å². The van der Waals surface area contributed by atoms with Crippen molar-refractivity contribution in [3.05, 3.63) is 54.1 Å². The number of amides is 1. The standard InChI is InChI=1S/C21H21N7O2.3H2/c1-13-4-5-14-15(11-13)25-20(24-14)18-19(22)23-12-17(26-18)27-6-8-28(9-7-27)21(29)16-3-2-10-30-16;;;/h2-5,10-12H,6-9H2,1H3,(H2,22,23)(H,24,25);3*1H. The van der Waals surface area contributed by atoms with Gasteiger partial charge in [-0.1, -0.05) is 6.07 Å². The number of carbonyl (C=O) groups is 1. The highest BCUT2D eigenvalue weighted by atomic mass is 16.3. The van der Waals surface area contributed by atoms with Gasteiger partial charge in [0.25, 0.3) is 5.91 Å². The third kappa shape index (κ3) is 3.24. The number of H-pyrrole nitrogens is 1. The zero-order valence-electron chi connectivity index (χ0n) is 16.5. The van der Waals surface area contributed by atoms with Gasteiger partial charge in [-0.2, -0.15) is 0 Å². The van der Waals surface area contributed by atoms with Crippen LogP contribution < -0.4 is 10.6 Å². The van der Waals surface area contributed by atoms with Gasteiger partial charge in [-0.3, -0.25) is 4.79 Å². The average Bonchev–Trinajstić information content (AvgIpc) is 3.43. The summed E-state index contributed by atoms with van der Waals surface area (Å²) < 4.78 is 5.22. The van der Waals surface area contributed by atoms with Crippen LogP contribution in [0.25, 0.3) is 22.6 Å². The molecule has 0 spiro atoms. The number of piperazine rings is 1. The number of nitrogen functional groups attached to an aromatic ring is 1. The quantitative estimate of drug-likeness (QED) is 0.533. The van der Waals surface area contributed by atoms with Crippen LogP contribution in [0, 0.1) is 6.92 Å². The highest BCUT2D eigenvalue weighted by Gasteiger charge is 2.25. The van der Waals surface area contributed by atoms with Gasteiger partial charge in [0.1, 0.15) is 5.82 Å². The number of hydrogen-bond donors (Lipinski definition) is 2. The Hall–Kier alpha value is -3.88. The molecule has 30 heavy (non-hydrogen) atoms. The van der Waals surface area contributed by atoms with E-state index in [0.29, 0.717) is 55.1 Å². The van der Waals surface area contributed by atoms with E-state index in [0.717, 1.165) is 16.6 Å². The predicted octanol–water partition coefficient (Wildman–Crippen LogP) is 3.20. The minimum Gasteiger partial charge on any atom is -0.459 e. The molecule has 1 fully saturated rings. The van der Waals surface area contributed by atoms with E-state index in [9.17, 15) is 4.79 Å². The first-order valence-corrected chi connectivity index (χ1v) is 9.75. The number of anilines is 2. The predicted molar refractivity (Wildman–Crippen MR) is 119 cm³/mol.